The second kappa shape index (κ2) is 6.12. The second-order valence-electron chi connectivity index (χ2n) is 5.60. The first-order chi connectivity index (χ1) is 11.3. The van der Waals surface area contributed by atoms with Crippen LogP contribution >= 0.6 is 15.9 Å². The zero-order valence-electron chi connectivity index (χ0n) is 12.7. The van der Waals surface area contributed by atoms with Crippen LogP contribution in [0.2, 0.25) is 0 Å². The molecule has 1 heterocycles. The van der Waals surface area contributed by atoms with Gasteiger partial charge in [0.05, 0.1) is 5.56 Å². The molecular formula is C17H14BrF3N2O. The predicted octanol–water partition coefficient (Wildman–Crippen LogP) is 5.37. The quantitative estimate of drug-likeness (QED) is 0.687. The van der Waals surface area contributed by atoms with E-state index in [1.165, 1.54) is 11.0 Å². The molecule has 1 aliphatic heterocycles. The molecular weight excluding hydrogens is 385 g/mol. The third-order valence-corrected chi connectivity index (χ3v) is 4.86. The fraction of sp³-hybridized carbons (Fsp3) is 0.235. The molecule has 126 valence electrons. The van der Waals surface area contributed by atoms with Crippen LogP contribution in [0.3, 0.4) is 0 Å². The molecule has 7 heteroatoms. The summed E-state index contributed by atoms with van der Waals surface area (Å²) in [5.74, 6) is 0. The Kier molecular flexibility index (Phi) is 4.29. The number of nitrogens with zero attached hydrogens (tertiary/aromatic N) is 1. The minimum atomic E-state index is -4.42. The normalized spacial score (nSPS) is 13.8. The monoisotopic (exact) mass is 398 g/mol. The highest BCUT2D eigenvalue weighted by molar-refractivity contribution is 9.10. The summed E-state index contributed by atoms with van der Waals surface area (Å²) >= 11 is 3.39. The Morgan fingerprint density at radius 2 is 2.00 bits per heavy atom. The van der Waals surface area contributed by atoms with Crippen molar-refractivity contribution in [1.82, 2.24) is 0 Å². The van der Waals surface area contributed by atoms with Gasteiger partial charge in [0.15, 0.2) is 0 Å². The number of amides is 2. The summed E-state index contributed by atoms with van der Waals surface area (Å²) in [7, 11) is 0. The molecule has 2 aromatic carbocycles. The lowest BCUT2D eigenvalue weighted by Gasteiger charge is -2.19. The summed E-state index contributed by atoms with van der Waals surface area (Å²) in [6.07, 6.45) is -4.23. The lowest BCUT2D eigenvalue weighted by atomic mass is 10.0. The van der Waals surface area contributed by atoms with Crippen molar-refractivity contribution in [3.8, 4) is 0 Å². The van der Waals surface area contributed by atoms with E-state index in [-0.39, 0.29) is 18.5 Å². The van der Waals surface area contributed by atoms with Crippen LogP contribution in [0.4, 0.5) is 29.3 Å². The molecule has 2 amide bonds. The van der Waals surface area contributed by atoms with E-state index in [1.807, 2.05) is 13.0 Å². The third-order valence-electron chi connectivity index (χ3n) is 4.00. The van der Waals surface area contributed by atoms with Gasteiger partial charge in [0, 0.05) is 22.4 Å². The van der Waals surface area contributed by atoms with Crippen LogP contribution in [0.15, 0.2) is 40.9 Å². The topological polar surface area (TPSA) is 32.3 Å². The van der Waals surface area contributed by atoms with Crippen molar-refractivity contribution >= 4 is 33.3 Å². The first-order valence-electron chi connectivity index (χ1n) is 7.31. The van der Waals surface area contributed by atoms with Crippen molar-refractivity contribution in [2.24, 2.45) is 0 Å². The number of nitrogens with one attached hydrogen (secondary N) is 1. The van der Waals surface area contributed by atoms with Gasteiger partial charge < -0.3 is 5.32 Å². The van der Waals surface area contributed by atoms with E-state index < -0.39 is 17.8 Å². The largest absolute Gasteiger partial charge is 0.416 e. The second-order valence-corrected chi connectivity index (χ2v) is 6.45. The molecule has 0 aromatic heterocycles. The lowest BCUT2D eigenvalue weighted by molar-refractivity contribution is -0.138. The van der Waals surface area contributed by atoms with Gasteiger partial charge in [0.1, 0.15) is 0 Å². The number of alkyl halides is 3. The average Bonchev–Trinajstić information content (AvgIpc) is 2.94. The molecule has 0 aliphatic carbocycles. The van der Waals surface area contributed by atoms with Crippen LogP contribution in [-0.4, -0.2) is 12.6 Å². The van der Waals surface area contributed by atoms with Gasteiger partial charge in [-0.1, -0.05) is 28.1 Å². The van der Waals surface area contributed by atoms with Gasteiger partial charge in [-0.25, -0.2) is 4.79 Å². The van der Waals surface area contributed by atoms with Gasteiger partial charge in [-0.3, -0.25) is 4.90 Å². The van der Waals surface area contributed by atoms with Crippen LogP contribution < -0.4 is 10.2 Å². The molecule has 0 saturated carbocycles. The number of hydrogen-bond acceptors (Lipinski definition) is 1. The van der Waals surface area contributed by atoms with Gasteiger partial charge in [-0.2, -0.15) is 13.2 Å². The van der Waals surface area contributed by atoms with Crippen LogP contribution in [0.5, 0.6) is 0 Å². The molecule has 0 unspecified atom stereocenters. The molecule has 2 aromatic rings. The van der Waals surface area contributed by atoms with E-state index in [4.69, 9.17) is 0 Å². The summed E-state index contributed by atoms with van der Waals surface area (Å²) in [6.45, 7) is 2.15. The molecule has 1 aliphatic rings. The minimum Gasteiger partial charge on any atom is -0.308 e. The van der Waals surface area contributed by atoms with E-state index >= 15 is 0 Å². The maximum Gasteiger partial charge on any atom is 0.416 e. The number of carbonyl (C=O) groups excluding carboxylic acids is 1. The van der Waals surface area contributed by atoms with E-state index in [0.29, 0.717) is 11.4 Å². The molecule has 0 fully saturated rings. The Morgan fingerprint density at radius 3 is 2.67 bits per heavy atom. The number of anilines is 2. The predicted molar refractivity (Wildman–Crippen MR) is 90.4 cm³/mol. The third kappa shape index (κ3) is 3.13. The zero-order valence-corrected chi connectivity index (χ0v) is 14.3. The Morgan fingerprint density at radius 1 is 1.25 bits per heavy atom. The zero-order chi connectivity index (χ0) is 17.5. The van der Waals surface area contributed by atoms with Crippen molar-refractivity contribution in [1.29, 1.82) is 0 Å². The molecule has 3 rings (SSSR count). The van der Waals surface area contributed by atoms with Gasteiger partial charge >= 0.3 is 12.2 Å². The number of fused-ring (bicyclic) bond motifs is 1. The van der Waals surface area contributed by atoms with Crippen molar-refractivity contribution in [2.45, 2.75) is 19.5 Å². The van der Waals surface area contributed by atoms with Gasteiger partial charge in [-0.05, 0) is 48.7 Å². The number of carbonyl (C=O) groups is 1. The summed E-state index contributed by atoms with van der Waals surface area (Å²) in [6, 6.07) is 8.84. The van der Waals surface area contributed by atoms with Crippen molar-refractivity contribution in [3.63, 3.8) is 0 Å². The highest BCUT2D eigenvalue weighted by atomic mass is 79.9. The minimum absolute atomic E-state index is 0.172. The van der Waals surface area contributed by atoms with Crippen molar-refractivity contribution in [2.75, 3.05) is 16.8 Å². The van der Waals surface area contributed by atoms with Crippen molar-refractivity contribution < 1.29 is 18.0 Å². The van der Waals surface area contributed by atoms with Crippen LogP contribution in [0.1, 0.15) is 16.7 Å². The first-order valence-corrected chi connectivity index (χ1v) is 8.10. The maximum absolute atomic E-state index is 13.1. The average molecular weight is 399 g/mol. The van der Waals surface area contributed by atoms with E-state index in [2.05, 4.69) is 21.2 Å². The van der Waals surface area contributed by atoms with E-state index in [9.17, 15) is 18.0 Å². The fourth-order valence-electron chi connectivity index (χ4n) is 2.77. The van der Waals surface area contributed by atoms with E-state index in [0.717, 1.165) is 16.1 Å². The summed E-state index contributed by atoms with van der Waals surface area (Å²) in [4.78, 5) is 13.8. The van der Waals surface area contributed by atoms with Gasteiger partial charge in [0.2, 0.25) is 0 Å². The first kappa shape index (κ1) is 16.8. The number of aryl methyl sites for hydroxylation is 1. The molecule has 3 nitrogen and oxygen atoms in total. The van der Waals surface area contributed by atoms with Crippen molar-refractivity contribution in [3.05, 3.63) is 57.6 Å². The standard InChI is InChI=1S/C17H14BrF3N2O/c1-10-5-6-11(9-14(10)18)22-16(24)23-8-7-12-13(17(19,20)21)3-2-4-15(12)23/h2-6,9H,7-8H2,1H3,(H,22,24). The number of halogens is 4. The number of benzene rings is 2. The highest BCUT2D eigenvalue weighted by Crippen LogP contribution is 2.39. The summed E-state index contributed by atoms with van der Waals surface area (Å²) < 4.78 is 40.1. The SMILES string of the molecule is Cc1ccc(NC(=O)N2CCc3c2cccc3C(F)(F)F)cc1Br. The smallest absolute Gasteiger partial charge is 0.308 e. The lowest BCUT2D eigenvalue weighted by Crippen LogP contribution is -2.33. The molecule has 0 saturated heterocycles. The van der Waals surface area contributed by atoms with Gasteiger partial charge in [-0.15, -0.1) is 0 Å². The highest BCUT2D eigenvalue weighted by Gasteiger charge is 2.37. The molecule has 1 N–H and O–H groups in total. The van der Waals surface area contributed by atoms with Crippen LogP contribution in [-0.2, 0) is 12.6 Å². The van der Waals surface area contributed by atoms with Crippen LogP contribution in [0.25, 0.3) is 0 Å². The van der Waals surface area contributed by atoms with Gasteiger partial charge in [0.25, 0.3) is 0 Å². The Balaban J connectivity index is 1.86. The molecule has 0 radical (unpaired) electrons. The van der Waals surface area contributed by atoms with E-state index in [1.54, 1.807) is 18.2 Å². The van der Waals surface area contributed by atoms with Crippen LogP contribution in [0, 0.1) is 6.92 Å². The maximum atomic E-state index is 13.1. The fourth-order valence-corrected chi connectivity index (χ4v) is 3.15. The summed E-state index contributed by atoms with van der Waals surface area (Å²) in [5, 5.41) is 2.73. The summed E-state index contributed by atoms with van der Waals surface area (Å²) in [5.41, 5.74) is 1.42. The molecule has 0 spiro atoms. The Hall–Kier alpha value is -2.02. The molecule has 24 heavy (non-hydrogen) atoms. The number of hydrogen-bond donors (Lipinski definition) is 1. The molecule has 0 bridgehead atoms. The number of urea groups is 1. The Labute approximate surface area is 145 Å². The molecule has 0 atom stereocenters. The number of rotatable bonds is 1. The Bertz CT molecular complexity index is 805.